The predicted molar refractivity (Wildman–Crippen MR) is 79.7 cm³/mol. The minimum absolute atomic E-state index is 0.0880. The Bertz CT molecular complexity index is 556. The van der Waals surface area contributed by atoms with Crippen molar-refractivity contribution in [3.8, 4) is 0 Å². The summed E-state index contributed by atoms with van der Waals surface area (Å²) in [7, 11) is 3.29. The topological polar surface area (TPSA) is 60.9 Å². The second-order valence-corrected chi connectivity index (χ2v) is 4.68. The van der Waals surface area contributed by atoms with Gasteiger partial charge in [-0.15, -0.1) is 0 Å². The predicted octanol–water partition coefficient (Wildman–Crippen LogP) is 1.84. The number of benzene rings is 1. The smallest absolute Gasteiger partial charge is 0.328 e. The van der Waals surface area contributed by atoms with Crippen LogP contribution in [0.5, 0.6) is 0 Å². The third kappa shape index (κ3) is 4.91. The van der Waals surface area contributed by atoms with Crippen molar-refractivity contribution in [1.82, 2.24) is 4.90 Å². The standard InChI is InChI=1S/C15H19FN2O3/c1-4-18(10-14(19)17(2)3)13-7-5-11(9-12(13)16)6-8-15(20)21/h5-9H,4,10H2,1-3H3,(H,20,21). The van der Waals surface area contributed by atoms with Crippen LogP contribution in [0.4, 0.5) is 10.1 Å². The third-order valence-corrected chi connectivity index (χ3v) is 2.94. The first-order valence-corrected chi connectivity index (χ1v) is 6.50. The summed E-state index contributed by atoms with van der Waals surface area (Å²) in [5, 5.41) is 8.55. The van der Waals surface area contributed by atoms with Gasteiger partial charge in [0.25, 0.3) is 0 Å². The average Bonchev–Trinajstić information content (AvgIpc) is 2.42. The molecule has 0 aliphatic heterocycles. The van der Waals surface area contributed by atoms with E-state index in [1.54, 1.807) is 31.1 Å². The number of hydrogen-bond donors (Lipinski definition) is 1. The van der Waals surface area contributed by atoms with Crippen molar-refractivity contribution in [1.29, 1.82) is 0 Å². The molecule has 0 spiro atoms. The quantitative estimate of drug-likeness (QED) is 0.813. The number of anilines is 1. The van der Waals surface area contributed by atoms with Gasteiger partial charge in [0.05, 0.1) is 12.2 Å². The molecule has 0 aliphatic rings. The fourth-order valence-corrected chi connectivity index (χ4v) is 1.72. The van der Waals surface area contributed by atoms with Crippen LogP contribution in [0.25, 0.3) is 6.08 Å². The monoisotopic (exact) mass is 294 g/mol. The summed E-state index contributed by atoms with van der Waals surface area (Å²) < 4.78 is 14.1. The van der Waals surface area contributed by atoms with E-state index < -0.39 is 11.8 Å². The molecule has 0 aromatic heterocycles. The zero-order chi connectivity index (χ0) is 16.0. The highest BCUT2D eigenvalue weighted by Crippen LogP contribution is 2.21. The van der Waals surface area contributed by atoms with Gasteiger partial charge < -0.3 is 14.9 Å². The van der Waals surface area contributed by atoms with Crippen LogP contribution >= 0.6 is 0 Å². The Balaban J connectivity index is 2.96. The molecule has 1 aromatic rings. The number of carboxylic acid groups (broad SMARTS) is 1. The maximum Gasteiger partial charge on any atom is 0.328 e. The van der Waals surface area contributed by atoms with Gasteiger partial charge in [0.2, 0.25) is 5.91 Å². The van der Waals surface area contributed by atoms with E-state index in [4.69, 9.17) is 5.11 Å². The fourth-order valence-electron chi connectivity index (χ4n) is 1.72. The zero-order valence-electron chi connectivity index (χ0n) is 12.3. The number of carboxylic acids is 1. The normalized spacial score (nSPS) is 10.7. The van der Waals surface area contributed by atoms with Crippen LogP contribution in [-0.2, 0) is 9.59 Å². The molecule has 0 atom stereocenters. The van der Waals surface area contributed by atoms with E-state index in [0.29, 0.717) is 17.8 Å². The zero-order valence-corrected chi connectivity index (χ0v) is 12.3. The summed E-state index contributed by atoms with van der Waals surface area (Å²) >= 11 is 0. The molecule has 0 fully saturated rings. The molecule has 0 bridgehead atoms. The summed E-state index contributed by atoms with van der Waals surface area (Å²) in [5.74, 6) is -1.70. The lowest BCUT2D eigenvalue weighted by Gasteiger charge is -2.24. The molecule has 0 heterocycles. The Morgan fingerprint density at radius 2 is 2.00 bits per heavy atom. The highest BCUT2D eigenvalue weighted by Gasteiger charge is 2.15. The number of carbonyl (C=O) groups is 2. The summed E-state index contributed by atoms with van der Waals surface area (Å²) in [6.07, 6.45) is 2.26. The minimum atomic E-state index is -1.09. The molecule has 1 N–H and O–H groups in total. The molecule has 0 aliphatic carbocycles. The lowest BCUT2D eigenvalue weighted by molar-refractivity contribution is -0.131. The molecule has 0 saturated carbocycles. The minimum Gasteiger partial charge on any atom is -0.478 e. The van der Waals surface area contributed by atoms with Crippen molar-refractivity contribution in [2.45, 2.75) is 6.92 Å². The number of amides is 1. The van der Waals surface area contributed by atoms with Crippen molar-refractivity contribution >= 4 is 23.6 Å². The summed E-state index contributed by atoms with van der Waals surface area (Å²) in [4.78, 5) is 25.2. The van der Waals surface area contributed by atoms with Crippen LogP contribution in [0, 0.1) is 5.82 Å². The van der Waals surface area contributed by atoms with Crippen LogP contribution in [0.15, 0.2) is 24.3 Å². The maximum atomic E-state index is 14.1. The van der Waals surface area contributed by atoms with Crippen molar-refractivity contribution in [3.63, 3.8) is 0 Å². The van der Waals surface area contributed by atoms with E-state index in [-0.39, 0.29) is 12.5 Å². The molecule has 0 saturated heterocycles. The van der Waals surface area contributed by atoms with Gasteiger partial charge in [0.1, 0.15) is 5.82 Å². The van der Waals surface area contributed by atoms with Gasteiger partial charge in [0, 0.05) is 26.7 Å². The maximum absolute atomic E-state index is 14.1. The molecule has 1 aromatic carbocycles. The van der Waals surface area contributed by atoms with Gasteiger partial charge in [-0.2, -0.15) is 0 Å². The highest BCUT2D eigenvalue weighted by atomic mass is 19.1. The summed E-state index contributed by atoms with van der Waals surface area (Å²) in [6.45, 7) is 2.41. The van der Waals surface area contributed by atoms with Gasteiger partial charge in [0.15, 0.2) is 0 Å². The van der Waals surface area contributed by atoms with E-state index in [1.807, 2.05) is 6.92 Å². The number of rotatable bonds is 6. The molecule has 21 heavy (non-hydrogen) atoms. The number of hydrogen-bond acceptors (Lipinski definition) is 3. The first kappa shape index (κ1) is 16.7. The number of nitrogens with zero attached hydrogens (tertiary/aromatic N) is 2. The summed E-state index contributed by atoms with van der Waals surface area (Å²) in [5.41, 5.74) is 0.772. The number of aliphatic carboxylic acids is 1. The van der Waals surface area contributed by atoms with Gasteiger partial charge in [-0.3, -0.25) is 4.79 Å². The van der Waals surface area contributed by atoms with Crippen molar-refractivity contribution < 1.29 is 19.1 Å². The van der Waals surface area contributed by atoms with Gasteiger partial charge >= 0.3 is 5.97 Å². The molecule has 6 heteroatoms. The van der Waals surface area contributed by atoms with E-state index in [1.165, 1.54) is 17.0 Å². The van der Waals surface area contributed by atoms with Crippen LogP contribution in [0.3, 0.4) is 0 Å². The van der Waals surface area contributed by atoms with Crippen molar-refractivity contribution in [2.75, 3.05) is 32.1 Å². The Kier molecular flexibility index (Phi) is 5.90. The SMILES string of the molecule is CCN(CC(=O)N(C)C)c1ccc(C=CC(=O)O)cc1F. The van der Waals surface area contributed by atoms with Crippen LogP contribution in [0.1, 0.15) is 12.5 Å². The Morgan fingerprint density at radius 3 is 2.48 bits per heavy atom. The largest absolute Gasteiger partial charge is 0.478 e. The van der Waals surface area contributed by atoms with Crippen LogP contribution in [0.2, 0.25) is 0 Å². The van der Waals surface area contributed by atoms with Gasteiger partial charge in [-0.1, -0.05) is 6.07 Å². The molecular formula is C15H19FN2O3. The lowest BCUT2D eigenvalue weighted by atomic mass is 10.1. The van der Waals surface area contributed by atoms with E-state index in [0.717, 1.165) is 6.08 Å². The third-order valence-electron chi connectivity index (χ3n) is 2.94. The first-order valence-electron chi connectivity index (χ1n) is 6.50. The number of carbonyl (C=O) groups excluding carboxylic acids is 1. The van der Waals surface area contributed by atoms with E-state index >= 15 is 0 Å². The molecular weight excluding hydrogens is 275 g/mol. The van der Waals surface area contributed by atoms with Gasteiger partial charge in [-0.05, 0) is 30.7 Å². The van der Waals surface area contributed by atoms with Crippen LogP contribution < -0.4 is 4.90 Å². The molecule has 0 radical (unpaired) electrons. The molecule has 1 amide bonds. The van der Waals surface area contributed by atoms with Gasteiger partial charge in [-0.25, -0.2) is 9.18 Å². The molecule has 114 valence electrons. The van der Waals surface area contributed by atoms with Crippen molar-refractivity contribution in [3.05, 3.63) is 35.7 Å². The second-order valence-electron chi connectivity index (χ2n) is 4.68. The summed E-state index contributed by atoms with van der Waals surface area (Å²) in [6, 6.07) is 4.40. The molecule has 5 nitrogen and oxygen atoms in total. The van der Waals surface area contributed by atoms with Crippen molar-refractivity contribution in [2.24, 2.45) is 0 Å². The highest BCUT2D eigenvalue weighted by molar-refractivity contribution is 5.85. The second kappa shape index (κ2) is 7.42. The Hall–Kier alpha value is -2.37. The molecule has 0 unspecified atom stereocenters. The Morgan fingerprint density at radius 1 is 1.33 bits per heavy atom. The lowest BCUT2D eigenvalue weighted by Crippen LogP contribution is -2.37. The molecule has 1 rings (SSSR count). The fraction of sp³-hybridized carbons (Fsp3) is 0.333. The first-order chi connectivity index (χ1) is 9.85. The van der Waals surface area contributed by atoms with E-state index in [9.17, 15) is 14.0 Å². The Labute approximate surface area is 123 Å². The number of halogens is 1. The van der Waals surface area contributed by atoms with Crippen LogP contribution in [-0.4, -0.2) is 49.1 Å². The number of likely N-dealkylation sites (N-methyl/N-ethyl adjacent to an activating group) is 2. The average molecular weight is 294 g/mol. The van der Waals surface area contributed by atoms with E-state index in [2.05, 4.69) is 0 Å².